The third kappa shape index (κ3) is 3.62. The van der Waals surface area contributed by atoms with Crippen molar-refractivity contribution in [2.75, 3.05) is 0 Å². The first kappa shape index (κ1) is 17.9. The number of hydrogen-bond acceptors (Lipinski definition) is 5. The minimum absolute atomic E-state index is 0.132. The zero-order chi connectivity index (χ0) is 19.5. The van der Waals surface area contributed by atoms with Crippen LogP contribution in [0.25, 0.3) is 11.0 Å². The standard InChI is InChI=1S/C22H17FN4O/c1-14-2-4-15(5-3-14)8-20(28)18-9-16(10-19-22(18)27-7-6-26-19)21(23)17-11-24-13-25-12-17/h2-7,9-13,21H,8H2,1H3. The number of ketones is 1. The Hall–Kier alpha value is -3.54. The number of carbonyl (C=O) groups is 1. The highest BCUT2D eigenvalue weighted by Crippen LogP contribution is 2.29. The smallest absolute Gasteiger partial charge is 0.169 e. The van der Waals surface area contributed by atoms with Gasteiger partial charge >= 0.3 is 0 Å². The average Bonchev–Trinajstić information content (AvgIpc) is 2.74. The molecule has 2 heterocycles. The Morgan fingerprint density at radius 1 is 1.00 bits per heavy atom. The number of nitrogens with zero attached hydrogens (tertiary/aromatic N) is 4. The summed E-state index contributed by atoms with van der Waals surface area (Å²) in [4.78, 5) is 29.3. The predicted molar refractivity (Wildman–Crippen MR) is 104 cm³/mol. The molecule has 2 aromatic carbocycles. The number of hydrogen-bond donors (Lipinski definition) is 0. The fourth-order valence-electron chi connectivity index (χ4n) is 3.08. The van der Waals surface area contributed by atoms with Gasteiger partial charge in [0.2, 0.25) is 0 Å². The highest BCUT2D eigenvalue weighted by Gasteiger charge is 2.20. The van der Waals surface area contributed by atoms with Crippen molar-refractivity contribution in [3.63, 3.8) is 0 Å². The van der Waals surface area contributed by atoms with Gasteiger partial charge in [0.25, 0.3) is 0 Å². The number of fused-ring (bicyclic) bond motifs is 1. The fourth-order valence-corrected chi connectivity index (χ4v) is 3.08. The molecule has 5 nitrogen and oxygen atoms in total. The molecule has 1 unspecified atom stereocenters. The van der Waals surface area contributed by atoms with E-state index in [0.717, 1.165) is 11.1 Å². The largest absolute Gasteiger partial charge is 0.294 e. The Labute approximate surface area is 161 Å². The molecule has 0 aliphatic carbocycles. The number of Topliss-reactive ketones (excluding diaryl/α,β-unsaturated/α-hetero) is 1. The zero-order valence-corrected chi connectivity index (χ0v) is 15.2. The van der Waals surface area contributed by atoms with Crippen molar-refractivity contribution in [2.24, 2.45) is 0 Å². The molecule has 28 heavy (non-hydrogen) atoms. The van der Waals surface area contributed by atoms with Crippen LogP contribution in [0.2, 0.25) is 0 Å². The monoisotopic (exact) mass is 372 g/mol. The van der Waals surface area contributed by atoms with Gasteiger partial charge < -0.3 is 0 Å². The van der Waals surface area contributed by atoms with Gasteiger partial charge in [0, 0.05) is 42.3 Å². The predicted octanol–water partition coefficient (Wildman–Crippen LogP) is 4.21. The number of carbonyl (C=O) groups excluding carboxylic acids is 1. The van der Waals surface area contributed by atoms with Gasteiger partial charge in [-0.1, -0.05) is 29.8 Å². The average molecular weight is 372 g/mol. The summed E-state index contributed by atoms with van der Waals surface area (Å²) in [5.41, 5.74) is 3.98. The molecule has 0 saturated carbocycles. The van der Waals surface area contributed by atoms with E-state index in [4.69, 9.17) is 0 Å². The quantitative estimate of drug-likeness (QED) is 0.491. The normalized spacial score (nSPS) is 12.1. The van der Waals surface area contributed by atoms with Crippen LogP contribution in [0, 0.1) is 6.92 Å². The van der Waals surface area contributed by atoms with Crippen LogP contribution in [0.1, 0.15) is 38.8 Å². The molecule has 0 amide bonds. The summed E-state index contributed by atoms with van der Waals surface area (Å²) in [6.07, 6.45) is 6.00. The van der Waals surface area contributed by atoms with Crippen molar-refractivity contribution < 1.29 is 9.18 Å². The Balaban J connectivity index is 1.76. The molecule has 138 valence electrons. The summed E-state index contributed by atoms with van der Waals surface area (Å²) in [7, 11) is 0. The van der Waals surface area contributed by atoms with Gasteiger partial charge in [-0.2, -0.15) is 0 Å². The van der Waals surface area contributed by atoms with E-state index in [1.54, 1.807) is 12.1 Å². The van der Waals surface area contributed by atoms with Crippen molar-refractivity contribution in [3.05, 3.63) is 95.3 Å². The summed E-state index contributed by atoms with van der Waals surface area (Å²) >= 11 is 0. The van der Waals surface area contributed by atoms with Crippen LogP contribution in [-0.2, 0) is 6.42 Å². The molecule has 2 aromatic heterocycles. The van der Waals surface area contributed by atoms with E-state index >= 15 is 4.39 Å². The number of alkyl halides is 1. The number of aryl methyl sites for hydroxylation is 1. The molecule has 0 aliphatic heterocycles. The third-order valence-corrected chi connectivity index (χ3v) is 4.55. The minimum atomic E-state index is -1.46. The van der Waals surface area contributed by atoms with E-state index in [2.05, 4.69) is 19.9 Å². The van der Waals surface area contributed by atoms with Gasteiger partial charge in [0.15, 0.2) is 12.0 Å². The zero-order valence-electron chi connectivity index (χ0n) is 15.2. The molecule has 4 aromatic rings. The number of halogens is 1. The lowest BCUT2D eigenvalue weighted by Gasteiger charge is -2.12. The van der Waals surface area contributed by atoms with Crippen LogP contribution in [-0.4, -0.2) is 25.7 Å². The summed E-state index contributed by atoms with van der Waals surface area (Å²) in [5, 5.41) is 0. The molecule has 0 aliphatic rings. The highest BCUT2D eigenvalue weighted by atomic mass is 19.1. The molecule has 0 fully saturated rings. The first-order valence-corrected chi connectivity index (χ1v) is 8.84. The molecule has 1 atom stereocenters. The van der Waals surface area contributed by atoms with Crippen molar-refractivity contribution in [1.82, 2.24) is 19.9 Å². The van der Waals surface area contributed by atoms with Gasteiger partial charge in [-0.05, 0) is 30.2 Å². The van der Waals surface area contributed by atoms with Crippen molar-refractivity contribution in [1.29, 1.82) is 0 Å². The van der Waals surface area contributed by atoms with Gasteiger partial charge in [0.05, 0.1) is 11.0 Å². The summed E-state index contributed by atoms with van der Waals surface area (Å²) in [5.74, 6) is -0.132. The Morgan fingerprint density at radius 3 is 2.46 bits per heavy atom. The Bertz CT molecular complexity index is 1130. The number of rotatable bonds is 5. The molecule has 0 radical (unpaired) electrons. The lowest BCUT2D eigenvalue weighted by Crippen LogP contribution is -2.08. The Kier molecular flexibility index (Phi) is 4.85. The molecule has 0 N–H and O–H groups in total. The maximum Gasteiger partial charge on any atom is 0.169 e. The molecule has 0 saturated heterocycles. The van der Waals surface area contributed by atoms with Gasteiger partial charge in [-0.15, -0.1) is 0 Å². The summed E-state index contributed by atoms with van der Waals surface area (Å²) in [6.45, 7) is 1.99. The molecular formula is C22H17FN4O. The summed E-state index contributed by atoms with van der Waals surface area (Å²) < 4.78 is 15.1. The van der Waals surface area contributed by atoms with Crippen LogP contribution >= 0.6 is 0 Å². The van der Waals surface area contributed by atoms with Crippen LogP contribution in [0.15, 0.2) is 67.5 Å². The van der Waals surface area contributed by atoms with E-state index < -0.39 is 6.17 Å². The molecule has 0 bridgehead atoms. The third-order valence-electron chi connectivity index (χ3n) is 4.55. The van der Waals surface area contributed by atoms with Crippen LogP contribution in [0.3, 0.4) is 0 Å². The second-order valence-electron chi connectivity index (χ2n) is 6.61. The van der Waals surface area contributed by atoms with Crippen molar-refractivity contribution >= 4 is 16.8 Å². The van der Waals surface area contributed by atoms with E-state index in [1.165, 1.54) is 31.1 Å². The number of aromatic nitrogens is 4. The minimum Gasteiger partial charge on any atom is -0.294 e. The van der Waals surface area contributed by atoms with Gasteiger partial charge in [0.1, 0.15) is 6.33 Å². The topological polar surface area (TPSA) is 68.6 Å². The maximum atomic E-state index is 15.1. The number of benzene rings is 2. The fraction of sp³-hybridized carbons (Fsp3) is 0.136. The second-order valence-corrected chi connectivity index (χ2v) is 6.61. The molecule has 0 spiro atoms. The Morgan fingerprint density at radius 2 is 1.71 bits per heavy atom. The van der Waals surface area contributed by atoms with E-state index in [9.17, 15) is 4.79 Å². The first-order valence-electron chi connectivity index (χ1n) is 8.84. The molecular weight excluding hydrogens is 355 g/mol. The second kappa shape index (κ2) is 7.60. The van der Waals surface area contributed by atoms with Crippen molar-refractivity contribution in [2.45, 2.75) is 19.5 Å². The van der Waals surface area contributed by atoms with Crippen LogP contribution in [0.4, 0.5) is 4.39 Å². The van der Waals surface area contributed by atoms with E-state index in [-0.39, 0.29) is 12.2 Å². The highest BCUT2D eigenvalue weighted by molar-refractivity contribution is 6.07. The van der Waals surface area contributed by atoms with E-state index in [1.807, 2.05) is 31.2 Å². The first-order chi connectivity index (χ1) is 13.6. The van der Waals surface area contributed by atoms with Crippen LogP contribution in [0.5, 0.6) is 0 Å². The SMILES string of the molecule is Cc1ccc(CC(=O)c2cc(C(F)c3cncnc3)cc3nccnc23)cc1. The maximum absolute atomic E-state index is 15.1. The summed E-state index contributed by atoms with van der Waals surface area (Å²) in [6, 6.07) is 10.9. The van der Waals surface area contributed by atoms with Crippen molar-refractivity contribution in [3.8, 4) is 0 Å². The van der Waals surface area contributed by atoms with Gasteiger partial charge in [-0.3, -0.25) is 14.8 Å². The molecule has 4 rings (SSSR count). The van der Waals surface area contributed by atoms with Gasteiger partial charge in [-0.25, -0.2) is 14.4 Å². The van der Waals surface area contributed by atoms with Crippen LogP contribution < -0.4 is 0 Å². The lowest BCUT2D eigenvalue weighted by molar-refractivity contribution is 0.0994. The van der Waals surface area contributed by atoms with E-state index in [0.29, 0.717) is 27.7 Å². The molecule has 6 heteroatoms. The lowest BCUT2D eigenvalue weighted by atomic mass is 9.96.